The molecule has 2 aliphatic heterocycles. The van der Waals surface area contributed by atoms with Crippen LogP contribution in [-0.2, 0) is 48.3 Å². The van der Waals surface area contributed by atoms with Crippen molar-refractivity contribution >= 4 is 50.3 Å². The fraction of sp³-hybridized carbons (Fsp3) is 0.421. The molecule has 5 aromatic rings. The highest BCUT2D eigenvalue weighted by Crippen LogP contribution is 2.50. The minimum absolute atomic E-state index is 0.0225. The van der Waals surface area contributed by atoms with Crippen LogP contribution in [0.25, 0.3) is 22.5 Å². The predicted molar refractivity (Wildman–Crippen MR) is 232 cm³/mol. The van der Waals surface area contributed by atoms with Gasteiger partial charge < -0.3 is 69.4 Å². The molecule has 0 aliphatic carbocycles. The van der Waals surface area contributed by atoms with Gasteiger partial charge >= 0.3 is 27.3 Å². The van der Waals surface area contributed by atoms with Gasteiger partial charge in [-0.25, -0.2) is 38.7 Å². The molecule has 4 unspecified atom stereocenters. The minimum atomic E-state index is -5.30. The minimum Gasteiger partial charge on any atom is -0.493 e. The molecule has 2 aliphatic rings. The van der Waals surface area contributed by atoms with Gasteiger partial charge in [0.05, 0.1) is 47.4 Å². The van der Waals surface area contributed by atoms with Crippen molar-refractivity contribution in [3.05, 3.63) is 71.8 Å². The van der Waals surface area contributed by atoms with Gasteiger partial charge in [0.15, 0.2) is 46.8 Å². The van der Waals surface area contributed by atoms with E-state index in [2.05, 4.69) is 41.3 Å². The number of phosphoric ester groups is 2. The van der Waals surface area contributed by atoms with E-state index in [0.29, 0.717) is 6.42 Å². The topological polar surface area (TPSA) is 401 Å². The Hall–Kier alpha value is -6.36. The van der Waals surface area contributed by atoms with Gasteiger partial charge in [-0.3, -0.25) is 27.5 Å². The van der Waals surface area contributed by atoms with Crippen LogP contribution in [-0.4, -0.2) is 131 Å². The second kappa shape index (κ2) is 21.1. The number of nitrogens with two attached hydrogens (primary N) is 2. The number of hydrogen-bond donors (Lipinski definition) is 7. The second-order valence-electron chi connectivity index (χ2n) is 14.9. The number of imidazole rings is 1. The maximum Gasteiger partial charge on any atom is 0.472 e. The van der Waals surface area contributed by atoms with Crippen molar-refractivity contribution in [2.24, 2.45) is 0 Å². The SMILES string of the molecule is C=CCCC(=O)NCc1nc(C(=O)OC2C(O)[C@H](n3cnc4c(N)ncnc43)O[C@@H]2COP(=O)(O)OC2C[C@H](n3ccc(N)nc3=O)O[C@@H]2COP(=O)(O)O)c(-c2cc(OC)c(OC)c(OC)c2)o1. The zero-order valence-corrected chi connectivity index (χ0v) is 38.4. The fourth-order valence-corrected chi connectivity index (χ4v) is 8.56. The first-order valence-electron chi connectivity index (χ1n) is 20.3. The molecule has 372 valence electrons. The molecular formula is C38H46N10O19P2. The smallest absolute Gasteiger partial charge is 0.472 e. The number of aliphatic hydroxyl groups is 1. The summed E-state index contributed by atoms with van der Waals surface area (Å²) < 4.78 is 83.1. The molecular weight excluding hydrogens is 962 g/mol. The number of oxazole rings is 1. The lowest BCUT2D eigenvalue weighted by Crippen LogP contribution is -2.38. The molecule has 0 radical (unpaired) electrons. The van der Waals surface area contributed by atoms with E-state index in [1.807, 2.05) is 0 Å². The Labute approximate surface area is 389 Å². The van der Waals surface area contributed by atoms with Crippen LogP contribution in [0.1, 0.15) is 48.1 Å². The maximum atomic E-state index is 14.4. The van der Waals surface area contributed by atoms with Crippen LogP contribution in [0, 0.1) is 0 Å². The number of nitrogens with one attached hydrogen (secondary N) is 1. The molecule has 6 heterocycles. The van der Waals surface area contributed by atoms with E-state index in [9.17, 15) is 43.3 Å². The van der Waals surface area contributed by atoms with Crippen molar-refractivity contribution in [1.29, 1.82) is 0 Å². The van der Waals surface area contributed by atoms with Crippen LogP contribution in [0.5, 0.6) is 17.2 Å². The van der Waals surface area contributed by atoms with Crippen molar-refractivity contribution in [3.63, 3.8) is 0 Å². The van der Waals surface area contributed by atoms with E-state index in [1.54, 1.807) is 6.08 Å². The van der Waals surface area contributed by atoms with Crippen molar-refractivity contribution in [1.82, 2.24) is 39.4 Å². The number of ether oxygens (including phenoxy) is 6. The van der Waals surface area contributed by atoms with Gasteiger partial charge in [0, 0.05) is 24.6 Å². The molecule has 4 aromatic heterocycles. The number of carbonyl (C=O) groups excluding carboxylic acids is 2. The van der Waals surface area contributed by atoms with Crippen LogP contribution in [0.2, 0.25) is 0 Å². The van der Waals surface area contributed by atoms with Crippen molar-refractivity contribution < 1.29 is 84.9 Å². The summed E-state index contributed by atoms with van der Waals surface area (Å²) in [6, 6.07) is 4.17. The molecule has 9 N–H and O–H groups in total. The van der Waals surface area contributed by atoms with Crippen LogP contribution < -0.4 is 36.7 Å². The lowest BCUT2D eigenvalue weighted by molar-refractivity contribution is -0.121. The van der Waals surface area contributed by atoms with Crippen LogP contribution >= 0.6 is 15.6 Å². The average molecular weight is 1010 g/mol. The Kier molecular flexibility index (Phi) is 15.4. The van der Waals surface area contributed by atoms with E-state index in [-0.39, 0.29) is 82.6 Å². The molecule has 8 atom stereocenters. The molecule has 0 bridgehead atoms. The summed E-state index contributed by atoms with van der Waals surface area (Å²) in [5, 5.41) is 14.5. The molecule has 2 fully saturated rings. The predicted octanol–water partition coefficient (Wildman–Crippen LogP) is 0.894. The van der Waals surface area contributed by atoms with E-state index in [0.717, 1.165) is 10.9 Å². The Morgan fingerprint density at radius 2 is 1.71 bits per heavy atom. The molecule has 31 heteroatoms. The van der Waals surface area contributed by atoms with E-state index < -0.39 is 89.2 Å². The van der Waals surface area contributed by atoms with Crippen LogP contribution in [0.3, 0.4) is 0 Å². The lowest BCUT2D eigenvalue weighted by atomic mass is 10.1. The zero-order chi connectivity index (χ0) is 49.8. The third-order valence-corrected chi connectivity index (χ3v) is 11.9. The van der Waals surface area contributed by atoms with Crippen molar-refractivity contribution in [2.75, 3.05) is 46.0 Å². The Bertz CT molecular complexity index is 2830. The highest BCUT2D eigenvalue weighted by atomic mass is 31.2. The van der Waals surface area contributed by atoms with Crippen LogP contribution in [0.4, 0.5) is 11.6 Å². The Morgan fingerprint density at radius 1 is 0.986 bits per heavy atom. The van der Waals surface area contributed by atoms with Gasteiger partial charge in [-0.2, -0.15) is 4.98 Å². The van der Waals surface area contributed by atoms with Gasteiger partial charge in [-0.15, -0.1) is 6.58 Å². The number of aromatic nitrogens is 7. The number of anilines is 2. The number of nitrogen functional groups attached to an aromatic ring is 2. The van der Waals surface area contributed by atoms with Gasteiger partial charge in [0.2, 0.25) is 17.5 Å². The molecule has 69 heavy (non-hydrogen) atoms. The average Bonchev–Trinajstić information content (AvgIpc) is 4.10. The molecule has 1 aromatic carbocycles. The summed E-state index contributed by atoms with van der Waals surface area (Å²) in [5.74, 6) is -1.60. The van der Waals surface area contributed by atoms with E-state index >= 15 is 0 Å². The third kappa shape index (κ3) is 11.6. The van der Waals surface area contributed by atoms with E-state index in [4.69, 9.17) is 53.4 Å². The highest BCUT2D eigenvalue weighted by molar-refractivity contribution is 7.47. The van der Waals surface area contributed by atoms with Gasteiger partial charge in [0.1, 0.15) is 48.3 Å². The number of hydrogen-bond acceptors (Lipinski definition) is 23. The number of carbonyl (C=O) groups is 2. The number of benzene rings is 1. The molecule has 0 saturated carbocycles. The number of nitrogens with zero attached hydrogens (tertiary/aromatic N) is 7. The maximum absolute atomic E-state index is 14.4. The zero-order valence-electron chi connectivity index (χ0n) is 36.6. The van der Waals surface area contributed by atoms with E-state index in [1.165, 1.54) is 56.6 Å². The summed E-state index contributed by atoms with van der Waals surface area (Å²) in [6.45, 7) is 1.49. The summed E-state index contributed by atoms with van der Waals surface area (Å²) in [4.78, 5) is 89.6. The van der Waals surface area contributed by atoms with Crippen molar-refractivity contribution in [2.45, 2.75) is 68.8 Å². The number of allylic oxidation sites excluding steroid dienone is 1. The Morgan fingerprint density at radius 3 is 2.38 bits per heavy atom. The number of amides is 1. The van der Waals surface area contributed by atoms with Gasteiger partial charge in [-0.05, 0) is 24.6 Å². The molecule has 29 nitrogen and oxygen atoms in total. The lowest BCUT2D eigenvalue weighted by Gasteiger charge is -2.23. The third-order valence-electron chi connectivity index (χ3n) is 10.4. The van der Waals surface area contributed by atoms with Crippen molar-refractivity contribution in [3.8, 4) is 28.6 Å². The highest BCUT2D eigenvalue weighted by Gasteiger charge is 2.50. The fourth-order valence-electron chi connectivity index (χ4n) is 7.26. The first-order chi connectivity index (χ1) is 32.8. The largest absolute Gasteiger partial charge is 0.493 e. The molecule has 0 spiro atoms. The molecule has 2 saturated heterocycles. The van der Waals surface area contributed by atoms with Gasteiger partial charge in [0.25, 0.3) is 0 Å². The summed E-state index contributed by atoms with van der Waals surface area (Å²) in [6.07, 6.45) is -5.73. The first kappa shape index (κ1) is 50.5. The number of methoxy groups -OCH3 is 3. The molecule has 1 amide bonds. The second-order valence-corrected chi connectivity index (χ2v) is 17.6. The normalized spacial score (nSPS) is 22.3. The summed E-state index contributed by atoms with van der Waals surface area (Å²) in [5.41, 5.74) is 10.6. The van der Waals surface area contributed by atoms with Gasteiger partial charge in [-0.1, -0.05) is 6.08 Å². The number of fused-ring (bicyclic) bond motifs is 1. The summed E-state index contributed by atoms with van der Waals surface area (Å²) >= 11 is 0. The number of esters is 1. The number of aliphatic hydroxyl groups excluding tert-OH is 1. The Balaban J connectivity index is 1.19. The monoisotopic (exact) mass is 1010 g/mol. The summed E-state index contributed by atoms with van der Waals surface area (Å²) in [7, 11) is -6.30. The molecule has 7 rings (SSSR count). The number of phosphoric acid groups is 2. The number of rotatable bonds is 21. The first-order valence-corrected chi connectivity index (χ1v) is 23.4. The quantitative estimate of drug-likeness (QED) is 0.0305. The standard InChI is InChI=1S/C38H46N10O19P2/c1-5-6-7-25(49)41-13-26-46-28(31(65-26)18-10-20(58-2)32(60-4)21(11-18)59-3)37(51)66-33-23(64-36(30(33)50)48-17-44-29-34(40)42-16-43-35(29)48)15-62-69(56,57)67-19-12-27(47-9-8-24(39)45-38(47)52)63-22(19)14-61-68(53,54)55/h5,8-11,16-17,19,22-23,27,30,33,36,50H,1,6-7,12-15H2,2-4H3,(H,41,49)(H,56,57)(H2,39,45,52)(H2,40,42,43)(H2,53,54,55)/t19?,22-,23-,27-,30?,33?,36-/m1/s1. The van der Waals surface area contributed by atoms with Crippen LogP contribution in [0.15, 0.2) is 58.9 Å².